The van der Waals surface area contributed by atoms with Crippen LogP contribution in [0.15, 0.2) is 35.6 Å². The molecule has 0 unspecified atom stereocenters. The van der Waals surface area contributed by atoms with Gasteiger partial charge >= 0.3 is 12.1 Å². The fraction of sp³-hybridized carbons (Fsp3) is 0.188. The van der Waals surface area contributed by atoms with Crippen LogP contribution in [0.3, 0.4) is 0 Å². The zero-order chi connectivity index (χ0) is 21.8. The molecule has 0 atom stereocenters. The minimum atomic E-state index is -4.60. The third kappa shape index (κ3) is 3.04. The molecule has 0 aromatic carbocycles. The number of aromatic nitrogens is 6. The first-order valence-corrected chi connectivity index (χ1v) is 9.96. The molecule has 0 radical (unpaired) electrons. The summed E-state index contributed by atoms with van der Waals surface area (Å²) in [7, 11) is -3.98. The number of alkyl halides is 3. The molecule has 0 saturated carbocycles. The molecule has 0 aliphatic rings. The van der Waals surface area contributed by atoms with Crippen molar-refractivity contribution in [3.63, 3.8) is 0 Å². The monoisotopic (exact) mass is 440 g/mol. The molecule has 1 N–H and O–H groups in total. The minimum Gasteiger partial charge on any atom is -0.477 e. The van der Waals surface area contributed by atoms with Gasteiger partial charge in [-0.1, -0.05) is 6.92 Å². The minimum absolute atomic E-state index is 0.158. The molecule has 0 bridgehead atoms. The summed E-state index contributed by atoms with van der Waals surface area (Å²) in [6, 6.07) is 2.68. The number of halogens is 3. The van der Waals surface area contributed by atoms with Crippen molar-refractivity contribution in [3.05, 3.63) is 41.9 Å². The molecule has 14 heteroatoms. The molecule has 0 saturated heterocycles. The highest BCUT2D eigenvalue weighted by atomic mass is 32.2. The number of hydrogen-bond donors (Lipinski definition) is 1. The van der Waals surface area contributed by atoms with Crippen molar-refractivity contribution >= 4 is 27.1 Å². The predicted octanol–water partition coefficient (Wildman–Crippen LogP) is 1.95. The lowest BCUT2D eigenvalue weighted by atomic mass is 10.2. The summed E-state index contributed by atoms with van der Waals surface area (Å²) < 4.78 is 66.0. The van der Waals surface area contributed by atoms with Crippen LogP contribution >= 0.6 is 0 Å². The molecule has 156 valence electrons. The molecule has 0 spiro atoms. The molecular formula is C16H11F3N6O4S. The summed E-state index contributed by atoms with van der Waals surface area (Å²) >= 11 is 0. The number of carboxylic acid groups (broad SMARTS) is 1. The number of fused-ring (bicyclic) bond motifs is 2. The molecule has 10 nitrogen and oxygen atoms in total. The van der Waals surface area contributed by atoms with Crippen LogP contribution in [0.5, 0.6) is 0 Å². The number of aromatic carboxylic acids is 1. The van der Waals surface area contributed by atoms with Gasteiger partial charge in [0, 0.05) is 12.4 Å². The van der Waals surface area contributed by atoms with E-state index in [4.69, 9.17) is 0 Å². The van der Waals surface area contributed by atoms with Crippen LogP contribution in [0.4, 0.5) is 13.2 Å². The molecule has 4 aromatic heterocycles. The van der Waals surface area contributed by atoms with Crippen LogP contribution in [0.2, 0.25) is 0 Å². The molecule has 0 amide bonds. The number of nitrogens with zero attached hydrogens (tertiary/aromatic N) is 6. The van der Waals surface area contributed by atoms with Crippen LogP contribution < -0.4 is 0 Å². The SMILES string of the molecule is CCS(=O)(=O)c1nn2c(C(=O)O)ccnc2c1-c1nc2cc(C(F)(F)F)ccn2n1. The molecule has 4 heterocycles. The maximum absolute atomic E-state index is 13.0. The van der Waals surface area contributed by atoms with Gasteiger partial charge in [0.1, 0.15) is 5.56 Å². The number of hydrogen-bond acceptors (Lipinski definition) is 7. The first kappa shape index (κ1) is 19.8. The summed E-state index contributed by atoms with van der Waals surface area (Å²) in [6.07, 6.45) is -2.43. The number of carboxylic acids is 1. The maximum atomic E-state index is 13.0. The van der Waals surface area contributed by atoms with Crippen molar-refractivity contribution in [1.29, 1.82) is 0 Å². The van der Waals surface area contributed by atoms with E-state index in [1.807, 2.05) is 0 Å². The van der Waals surface area contributed by atoms with Gasteiger partial charge in [0.05, 0.1) is 11.3 Å². The van der Waals surface area contributed by atoms with Crippen molar-refractivity contribution in [2.75, 3.05) is 5.75 Å². The first-order valence-electron chi connectivity index (χ1n) is 8.30. The summed E-state index contributed by atoms with van der Waals surface area (Å²) in [4.78, 5) is 19.5. The average molecular weight is 440 g/mol. The van der Waals surface area contributed by atoms with E-state index in [1.165, 1.54) is 6.92 Å². The number of rotatable bonds is 4. The van der Waals surface area contributed by atoms with Gasteiger partial charge < -0.3 is 5.11 Å². The van der Waals surface area contributed by atoms with Crippen molar-refractivity contribution in [2.45, 2.75) is 18.1 Å². The van der Waals surface area contributed by atoms with Gasteiger partial charge in [-0.25, -0.2) is 32.2 Å². The van der Waals surface area contributed by atoms with Crippen LogP contribution in [-0.2, 0) is 16.0 Å². The molecule has 4 rings (SSSR count). The van der Waals surface area contributed by atoms with Crippen molar-refractivity contribution in [2.24, 2.45) is 0 Å². The second kappa shape index (κ2) is 6.48. The van der Waals surface area contributed by atoms with Crippen LogP contribution in [0.1, 0.15) is 23.0 Å². The summed E-state index contributed by atoms with van der Waals surface area (Å²) in [5, 5.41) is 16.8. The molecule has 4 aromatic rings. The summed E-state index contributed by atoms with van der Waals surface area (Å²) in [5.41, 5.74) is -1.86. The Balaban J connectivity index is 2.05. The van der Waals surface area contributed by atoms with Gasteiger partial charge in [0.25, 0.3) is 0 Å². The van der Waals surface area contributed by atoms with Crippen molar-refractivity contribution in [1.82, 2.24) is 29.2 Å². The number of carbonyl (C=O) groups is 1. The van der Waals surface area contributed by atoms with E-state index in [2.05, 4.69) is 20.2 Å². The van der Waals surface area contributed by atoms with Crippen molar-refractivity contribution < 1.29 is 31.5 Å². The fourth-order valence-corrected chi connectivity index (χ4v) is 3.77. The van der Waals surface area contributed by atoms with E-state index in [9.17, 15) is 31.5 Å². The maximum Gasteiger partial charge on any atom is 0.416 e. The van der Waals surface area contributed by atoms with Gasteiger partial charge in [0.15, 0.2) is 37.7 Å². The van der Waals surface area contributed by atoms with E-state index < -0.39 is 32.6 Å². The Morgan fingerprint density at radius 1 is 1.23 bits per heavy atom. The van der Waals surface area contributed by atoms with E-state index in [1.54, 1.807) is 0 Å². The van der Waals surface area contributed by atoms with Gasteiger partial charge in [0.2, 0.25) is 0 Å². The number of sulfone groups is 1. The Hall–Kier alpha value is -3.55. The Morgan fingerprint density at radius 2 is 1.97 bits per heavy atom. The van der Waals surface area contributed by atoms with Crippen molar-refractivity contribution in [3.8, 4) is 11.4 Å². The largest absolute Gasteiger partial charge is 0.477 e. The second-order valence-corrected chi connectivity index (χ2v) is 8.30. The molecule has 0 aliphatic carbocycles. The molecular weight excluding hydrogens is 429 g/mol. The van der Waals surface area contributed by atoms with Crippen LogP contribution in [0.25, 0.3) is 22.7 Å². The van der Waals surface area contributed by atoms with E-state index in [-0.39, 0.29) is 34.1 Å². The predicted molar refractivity (Wildman–Crippen MR) is 94.7 cm³/mol. The second-order valence-electron chi connectivity index (χ2n) is 6.11. The Morgan fingerprint density at radius 3 is 2.60 bits per heavy atom. The summed E-state index contributed by atoms with van der Waals surface area (Å²) in [6.45, 7) is 1.36. The lowest BCUT2D eigenvalue weighted by Gasteiger charge is -2.05. The van der Waals surface area contributed by atoms with E-state index in [0.717, 1.165) is 39.6 Å². The highest BCUT2D eigenvalue weighted by molar-refractivity contribution is 7.91. The van der Waals surface area contributed by atoms with Crippen LogP contribution in [0, 0.1) is 0 Å². The molecule has 30 heavy (non-hydrogen) atoms. The van der Waals surface area contributed by atoms with Gasteiger partial charge in [-0.3, -0.25) is 0 Å². The quantitative estimate of drug-likeness (QED) is 0.509. The lowest BCUT2D eigenvalue weighted by molar-refractivity contribution is -0.137. The zero-order valence-corrected chi connectivity index (χ0v) is 15.8. The first-order chi connectivity index (χ1) is 14.0. The smallest absolute Gasteiger partial charge is 0.416 e. The normalized spacial score (nSPS) is 12.7. The van der Waals surface area contributed by atoms with Gasteiger partial charge in [-0.2, -0.15) is 18.3 Å². The number of pyridine rings is 1. The summed E-state index contributed by atoms with van der Waals surface area (Å²) in [5.74, 6) is -2.00. The molecule has 0 fully saturated rings. The molecule has 0 aliphatic heterocycles. The third-order valence-corrected chi connectivity index (χ3v) is 5.90. The Kier molecular flexibility index (Phi) is 4.27. The highest BCUT2D eigenvalue weighted by Crippen LogP contribution is 2.32. The third-order valence-electron chi connectivity index (χ3n) is 4.27. The topological polar surface area (TPSA) is 132 Å². The fourth-order valence-electron chi connectivity index (χ4n) is 2.80. The van der Waals surface area contributed by atoms with E-state index >= 15 is 0 Å². The Bertz CT molecular complexity index is 1420. The van der Waals surface area contributed by atoms with Gasteiger partial charge in [-0.05, 0) is 18.2 Å². The Labute approximate surface area is 165 Å². The van der Waals surface area contributed by atoms with Crippen LogP contribution in [-0.4, -0.2) is 54.4 Å². The zero-order valence-electron chi connectivity index (χ0n) is 15.0. The average Bonchev–Trinajstić information content (AvgIpc) is 3.27. The standard InChI is InChI=1S/C16H11F3N6O4S/c1-2-30(28,29)14-11(13-20-5-3-9(15(26)27)25(13)23-14)12-21-10-7-8(16(17,18)19)4-6-24(10)22-12/h3-7H,2H2,1H3,(H,26,27). The highest BCUT2D eigenvalue weighted by Gasteiger charge is 2.32. The van der Waals surface area contributed by atoms with E-state index in [0.29, 0.717) is 0 Å². The van der Waals surface area contributed by atoms with Gasteiger partial charge in [-0.15, -0.1) is 5.10 Å². The lowest BCUT2D eigenvalue weighted by Crippen LogP contribution is -2.09.